The van der Waals surface area contributed by atoms with Gasteiger partial charge in [-0.2, -0.15) is 0 Å². The van der Waals surface area contributed by atoms with Crippen LogP contribution in [-0.4, -0.2) is 23.3 Å². The van der Waals surface area contributed by atoms with Crippen molar-refractivity contribution in [3.8, 4) is 10.6 Å². The molecule has 0 fully saturated rings. The van der Waals surface area contributed by atoms with Crippen molar-refractivity contribution in [1.82, 2.24) is 10.3 Å². The number of aromatic nitrogens is 1. The summed E-state index contributed by atoms with van der Waals surface area (Å²) in [6.45, 7) is 1.80. The van der Waals surface area contributed by atoms with Crippen molar-refractivity contribution in [2.45, 2.75) is 13.3 Å². The maximum Gasteiger partial charge on any atom is 0.243 e. The van der Waals surface area contributed by atoms with E-state index in [2.05, 4.69) is 31.5 Å². The van der Waals surface area contributed by atoms with Gasteiger partial charge in [0, 0.05) is 21.1 Å². The van der Waals surface area contributed by atoms with Gasteiger partial charge in [0.2, 0.25) is 11.8 Å². The molecule has 0 aliphatic heterocycles. The van der Waals surface area contributed by atoms with Crippen LogP contribution in [0, 0.1) is 6.92 Å². The summed E-state index contributed by atoms with van der Waals surface area (Å²) in [4.78, 5) is 28.7. The van der Waals surface area contributed by atoms with E-state index < -0.39 is 0 Å². The topological polar surface area (TPSA) is 71.1 Å². The molecule has 0 aliphatic carbocycles. The summed E-state index contributed by atoms with van der Waals surface area (Å²) < 4.78 is 0.940. The molecule has 144 valence electrons. The molecule has 1 heterocycles. The number of nitrogens with zero attached hydrogens (tertiary/aromatic N) is 1. The molecule has 0 aliphatic rings. The zero-order chi connectivity index (χ0) is 20.1. The van der Waals surface area contributed by atoms with Gasteiger partial charge in [-0.05, 0) is 36.8 Å². The summed E-state index contributed by atoms with van der Waals surface area (Å²) in [7, 11) is 0. The van der Waals surface area contributed by atoms with Crippen LogP contribution >= 0.6 is 38.9 Å². The number of benzene rings is 2. The molecule has 2 aromatic carbocycles. The van der Waals surface area contributed by atoms with Gasteiger partial charge in [-0.25, -0.2) is 4.98 Å². The number of aryl methyl sites for hydroxylation is 1. The van der Waals surface area contributed by atoms with E-state index in [-0.39, 0.29) is 24.8 Å². The van der Waals surface area contributed by atoms with Gasteiger partial charge >= 0.3 is 0 Å². The fourth-order valence-electron chi connectivity index (χ4n) is 2.51. The number of carbonyl (C=O) groups is 2. The lowest BCUT2D eigenvalue weighted by Gasteiger charge is -2.09. The van der Waals surface area contributed by atoms with E-state index in [4.69, 9.17) is 11.6 Å². The third-order valence-electron chi connectivity index (χ3n) is 3.91. The second kappa shape index (κ2) is 9.32. The number of halogens is 2. The lowest BCUT2D eigenvalue weighted by molar-refractivity contribution is -0.123. The summed E-state index contributed by atoms with van der Waals surface area (Å²) in [6.07, 6.45) is 0.103. The van der Waals surface area contributed by atoms with E-state index in [0.717, 1.165) is 20.6 Å². The SMILES string of the molecule is Cc1cc(Br)ccc1NC(=O)CNC(=O)Cc1csc(-c2ccccc2Cl)n1. The Labute approximate surface area is 180 Å². The molecular weight excluding hydrogens is 462 g/mol. The van der Waals surface area contributed by atoms with Crippen molar-refractivity contribution in [2.75, 3.05) is 11.9 Å². The molecular formula is C20H17BrClN3O2S. The Morgan fingerprint density at radius 2 is 1.96 bits per heavy atom. The molecule has 3 rings (SSSR count). The molecule has 2 amide bonds. The first kappa shape index (κ1) is 20.5. The minimum absolute atomic E-state index is 0.101. The fourth-order valence-corrected chi connectivity index (χ4v) is 4.13. The molecule has 0 bridgehead atoms. The van der Waals surface area contributed by atoms with E-state index in [1.807, 2.05) is 48.7 Å². The van der Waals surface area contributed by atoms with E-state index in [0.29, 0.717) is 16.4 Å². The zero-order valence-electron chi connectivity index (χ0n) is 15.0. The van der Waals surface area contributed by atoms with E-state index in [1.54, 1.807) is 6.07 Å². The molecule has 0 spiro atoms. The number of anilines is 1. The van der Waals surface area contributed by atoms with E-state index in [1.165, 1.54) is 11.3 Å². The lowest BCUT2D eigenvalue weighted by Crippen LogP contribution is -2.34. The average Bonchev–Trinajstić information content (AvgIpc) is 3.11. The van der Waals surface area contributed by atoms with Crippen molar-refractivity contribution >= 4 is 56.4 Å². The van der Waals surface area contributed by atoms with Crippen LogP contribution in [0.1, 0.15) is 11.3 Å². The monoisotopic (exact) mass is 477 g/mol. The normalized spacial score (nSPS) is 10.5. The van der Waals surface area contributed by atoms with Gasteiger partial charge in [0.05, 0.1) is 23.7 Å². The van der Waals surface area contributed by atoms with Gasteiger partial charge < -0.3 is 10.6 Å². The first-order chi connectivity index (χ1) is 13.4. The second-order valence-electron chi connectivity index (χ2n) is 6.08. The standard InChI is InChI=1S/C20H17BrClN3O2S/c1-12-8-13(21)6-7-17(12)25-19(27)10-23-18(26)9-14-11-28-20(24-14)15-4-2-3-5-16(15)22/h2-8,11H,9-10H2,1H3,(H,23,26)(H,25,27). The molecule has 2 N–H and O–H groups in total. The Balaban J connectivity index is 1.52. The highest BCUT2D eigenvalue weighted by atomic mass is 79.9. The van der Waals surface area contributed by atoms with Crippen LogP contribution in [-0.2, 0) is 16.0 Å². The summed E-state index contributed by atoms with van der Waals surface area (Å²) >= 11 is 11.0. The maximum absolute atomic E-state index is 12.1. The minimum atomic E-state index is -0.284. The molecule has 3 aromatic rings. The number of amides is 2. The number of rotatable bonds is 6. The second-order valence-corrected chi connectivity index (χ2v) is 8.27. The van der Waals surface area contributed by atoms with E-state index in [9.17, 15) is 9.59 Å². The van der Waals surface area contributed by atoms with Crippen molar-refractivity contribution in [3.05, 3.63) is 68.6 Å². The smallest absolute Gasteiger partial charge is 0.243 e. The van der Waals surface area contributed by atoms with Gasteiger partial charge in [0.25, 0.3) is 0 Å². The number of carbonyl (C=O) groups excluding carboxylic acids is 2. The van der Waals surface area contributed by atoms with E-state index >= 15 is 0 Å². The summed E-state index contributed by atoms with van der Waals surface area (Å²) in [6, 6.07) is 13.0. The average molecular weight is 479 g/mol. The van der Waals surface area contributed by atoms with Gasteiger partial charge in [-0.15, -0.1) is 11.3 Å². The highest BCUT2D eigenvalue weighted by Gasteiger charge is 2.12. The first-order valence-electron chi connectivity index (χ1n) is 8.44. The van der Waals surface area contributed by atoms with Crippen molar-refractivity contribution in [1.29, 1.82) is 0 Å². The molecule has 28 heavy (non-hydrogen) atoms. The van der Waals surface area contributed by atoms with Crippen molar-refractivity contribution in [2.24, 2.45) is 0 Å². The molecule has 0 saturated heterocycles. The van der Waals surface area contributed by atoms with Crippen LogP contribution in [0.3, 0.4) is 0 Å². The van der Waals surface area contributed by atoms with Crippen LogP contribution < -0.4 is 10.6 Å². The Morgan fingerprint density at radius 3 is 2.71 bits per heavy atom. The third-order valence-corrected chi connectivity index (χ3v) is 5.65. The van der Waals surface area contributed by atoms with Gasteiger partial charge in [-0.1, -0.05) is 45.7 Å². The van der Waals surface area contributed by atoms with Crippen LogP contribution in [0.25, 0.3) is 10.6 Å². The van der Waals surface area contributed by atoms with Gasteiger partial charge in [0.15, 0.2) is 0 Å². The number of hydrogen-bond acceptors (Lipinski definition) is 4. The van der Waals surface area contributed by atoms with Gasteiger partial charge in [-0.3, -0.25) is 9.59 Å². The molecule has 0 unspecified atom stereocenters. The Bertz CT molecular complexity index is 1020. The minimum Gasteiger partial charge on any atom is -0.347 e. The quantitative estimate of drug-likeness (QED) is 0.533. The largest absolute Gasteiger partial charge is 0.347 e. The number of hydrogen-bond donors (Lipinski definition) is 2. The Hall–Kier alpha value is -2.22. The van der Waals surface area contributed by atoms with Crippen LogP contribution in [0.15, 0.2) is 52.3 Å². The lowest BCUT2D eigenvalue weighted by atomic mass is 10.2. The van der Waals surface area contributed by atoms with Crippen LogP contribution in [0.5, 0.6) is 0 Å². The summed E-state index contributed by atoms with van der Waals surface area (Å²) in [5, 5.41) is 8.61. The predicted molar refractivity (Wildman–Crippen MR) is 117 cm³/mol. The molecule has 8 heteroatoms. The number of nitrogens with one attached hydrogen (secondary N) is 2. The molecule has 0 saturated carbocycles. The summed E-state index contributed by atoms with van der Waals surface area (Å²) in [5.41, 5.74) is 3.13. The highest BCUT2D eigenvalue weighted by Crippen LogP contribution is 2.30. The fraction of sp³-hybridized carbons (Fsp3) is 0.150. The summed E-state index contributed by atoms with van der Waals surface area (Å²) in [5.74, 6) is -0.549. The zero-order valence-corrected chi connectivity index (χ0v) is 18.1. The third kappa shape index (κ3) is 5.41. The number of thiazole rings is 1. The molecule has 1 aromatic heterocycles. The molecule has 5 nitrogen and oxygen atoms in total. The van der Waals surface area contributed by atoms with Crippen LogP contribution in [0.2, 0.25) is 5.02 Å². The van der Waals surface area contributed by atoms with Gasteiger partial charge in [0.1, 0.15) is 5.01 Å². The maximum atomic E-state index is 12.1. The highest BCUT2D eigenvalue weighted by molar-refractivity contribution is 9.10. The molecule has 0 atom stereocenters. The van der Waals surface area contributed by atoms with Crippen LogP contribution in [0.4, 0.5) is 5.69 Å². The Kier molecular flexibility index (Phi) is 6.83. The molecule has 0 radical (unpaired) electrons. The van der Waals surface area contributed by atoms with Crippen molar-refractivity contribution in [3.63, 3.8) is 0 Å². The first-order valence-corrected chi connectivity index (χ1v) is 10.5. The predicted octanol–water partition coefficient (Wildman–Crippen LogP) is 4.83. The van der Waals surface area contributed by atoms with Crippen molar-refractivity contribution < 1.29 is 9.59 Å². The Morgan fingerprint density at radius 1 is 1.18 bits per heavy atom.